The predicted octanol–water partition coefficient (Wildman–Crippen LogP) is 1.69. The minimum absolute atomic E-state index is 0.242. The van der Waals surface area contributed by atoms with Crippen LogP contribution in [0.25, 0.3) is 0 Å². The largest absolute Gasteiger partial charge is 0.389 e. The van der Waals surface area contributed by atoms with E-state index in [1.807, 2.05) is 7.05 Å². The van der Waals surface area contributed by atoms with E-state index in [1.54, 1.807) is 11.0 Å². The van der Waals surface area contributed by atoms with Gasteiger partial charge in [-0.25, -0.2) is 4.98 Å². The van der Waals surface area contributed by atoms with Gasteiger partial charge in [0.15, 0.2) is 0 Å². The van der Waals surface area contributed by atoms with Crippen LogP contribution in [0.5, 0.6) is 0 Å². The van der Waals surface area contributed by atoms with Gasteiger partial charge in [0, 0.05) is 13.5 Å². The Labute approximate surface area is 96.7 Å². The lowest BCUT2D eigenvalue weighted by atomic mass is 9.68. The molecule has 0 aliphatic heterocycles. The van der Waals surface area contributed by atoms with Crippen LogP contribution in [0.3, 0.4) is 0 Å². The molecule has 0 amide bonds. The molecule has 1 N–H and O–H groups in total. The molecule has 1 heterocycles. The molecule has 1 aromatic rings. The van der Waals surface area contributed by atoms with Gasteiger partial charge in [-0.3, -0.25) is 4.68 Å². The Kier molecular flexibility index (Phi) is 2.78. The second kappa shape index (κ2) is 3.84. The summed E-state index contributed by atoms with van der Waals surface area (Å²) >= 11 is 0. The SMILES string of the molecule is Cn1ncnc1CC1(O)CCCC(C)(C)C1. The Morgan fingerprint density at radius 3 is 2.75 bits per heavy atom. The third-order valence-electron chi connectivity index (χ3n) is 3.60. The van der Waals surface area contributed by atoms with Crippen molar-refractivity contribution < 1.29 is 5.11 Å². The standard InChI is InChI=1S/C12H21N3O/c1-11(2)5-4-6-12(16,8-11)7-10-13-9-14-15(10)3/h9,16H,4-8H2,1-3H3. The third-order valence-corrected chi connectivity index (χ3v) is 3.60. The average molecular weight is 223 g/mol. The number of aliphatic hydroxyl groups is 1. The maximum absolute atomic E-state index is 10.6. The second-order valence-corrected chi connectivity index (χ2v) is 5.90. The van der Waals surface area contributed by atoms with Crippen LogP contribution in [0.2, 0.25) is 0 Å². The van der Waals surface area contributed by atoms with Crippen LogP contribution in [-0.2, 0) is 13.5 Å². The van der Waals surface area contributed by atoms with Crippen molar-refractivity contribution in [3.8, 4) is 0 Å². The molecule has 1 aromatic heterocycles. The van der Waals surface area contributed by atoms with Gasteiger partial charge in [0.25, 0.3) is 0 Å². The van der Waals surface area contributed by atoms with E-state index in [9.17, 15) is 5.11 Å². The number of rotatable bonds is 2. The van der Waals surface area contributed by atoms with E-state index in [1.165, 1.54) is 6.42 Å². The van der Waals surface area contributed by atoms with E-state index >= 15 is 0 Å². The molecular formula is C12H21N3O. The Morgan fingerprint density at radius 2 is 2.19 bits per heavy atom. The molecule has 4 heteroatoms. The molecule has 16 heavy (non-hydrogen) atoms. The summed E-state index contributed by atoms with van der Waals surface area (Å²) in [5.41, 5.74) is -0.353. The van der Waals surface area contributed by atoms with E-state index in [0.717, 1.165) is 25.1 Å². The Balaban J connectivity index is 2.11. The van der Waals surface area contributed by atoms with E-state index in [-0.39, 0.29) is 5.41 Å². The van der Waals surface area contributed by atoms with Gasteiger partial charge in [0.1, 0.15) is 12.2 Å². The fourth-order valence-corrected chi connectivity index (χ4v) is 2.89. The summed E-state index contributed by atoms with van der Waals surface area (Å²) in [5.74, 6) is 0.875. The van der Waals surface area contributed by atoms with E-state index < -0.39 is 5.60 Å². The van der Waals surface area contributed by atoms with Crippen LogP contribution in [0, 0.1) is 5.41 Å². The maximum atomic E-state index is 10.6. The van der Waals surface area contributed by atoms with Crippen molar-refractivity contribution in [2.24, 2.45) is 12.5 Å². The molecule has 4 nitrogen and oxygen atoms in total. The first-order chi connectivity index (χ1) is 7.40. The molecule has 1 atom stereocenters. The van der Waals surface area contributed by atoms with Crippen molar-refractivity contribution >= 4 is 0 Å². The molecule has 0 bridgehead atoms. The number of aryl methyl sites for hydroxylation is 1. The minimum Gasteiger partial charge on any atom is -0.389 e. The van der Waals surface area contributed by atoms with Gasteiger partial charge in [-0.15, -0.1) is 0 Å². The van der Waals surface area contributed by atoms with Crippen LogP contribution < -0.4 is 0 Å². The van der Waals surface area contributed by atoms with Gasteiger partial charge in [-0.2, -0.15) is 5.10 Å². The van der Waals surface area contributed by atoms with Crippen LogP contribution in [-0.4, -0.2) is 25.5 Å². The van der Waals surface area contributed by atoms with Gasteiger partial charge >= 0.3 is 0 Å². The highest BCUT2D eigenvalue weighted by Crippen LogP contribution is 2.42. The Bertz CT molecular complexity index is 372. The zero-order chi connectivity index (χ0) is 11.8. The molecule has 1 saturated carbocycles. The van der Waals surface area contributed by atoms with Crippen molar-refractivity contribution in [3.63, 3.8) is 0 Å². The van der Waals surface area contributed by atoms with Gasteiger partial charge in [0.05, 0.1) is 5.60 Å². The lowest BCUT2D eigenvalue weighted by molar-refractivity contribution is -0.0400. The molecule has 1 fully saturated rings. The van der Waals surface area contributed by atoms with Gasteiger partial charge < -0.3 is 5.11 Å². The first-order valence-electron chi connectivity index (χ1n) is 5.96. The van der Waals surface area contributed by atoms with Crippen LogP contribution in [0.15, 0.2) is 6.33 Å². The van der Waals surface area contributed by atoms with Crippen molar-refractivity contribution in [3.05, 3.63) is 12.2 Å². The van der Waals surface area contributed by atoms with Gasteiger partial charge in [-0.1, -0.05) is 20.3 Å². The van der Waals surface area contributed by atoms with Crippen molar-refractivity contribution in [2.45, 2.75) is 51.6 Å². The number of nitrogens with zero attached hydrogens (tertiary/aromatic N) is 3. The summed E-state index contributed by atoms with van der Waals surface area (Å²) in [6, 6.07) is 0. The van der Waals surface area contributed by atoms with E-state index in [0.29, 0.717) is 6.42 Å². The summed E-state index contributed by atoms with van der Waals surface area (Å²) in [6.07, 6.45) is 6.20. The molecule has 0 radical (unpaired) electrons. The molecule has 0 spiro atoms. The fraction of sp³-hybridized carbons (Fsp3) is 0.833. The van der Waals surface area contributed by atoms with E-state index in [2.05, 4.69) is 23.9 Å². The highest BCUT2D eigenvalue weighted by atomic mass is 16.3. The predicted molar refractivity (Wildman–Crippen MR) is 61.9 cm³/mol. The van der Waals surface area contributed by atoms with Crippen molar-refractivity contribution in [1.29, 1.82) is 0 Å². The smallest absolute Gasteiger partial charge is 0.138 e. The second-order valence-electron chi connectivity index (χ2n) is 5.90. The number of aromatic nitrogens is 3. The topological polar surface area (TPSA) is 50.9 Å². The summed E-state index contributed by atoms with van der Waals surface area (Å²) in [5, 5.41) is 14.7. The minimum atomic E-state index is -0.595. The highest BCUT2D eigenvalue weighted by Gasteiger charge is 2.39. The summed E-state index contributed by atoms with van der Waals surface area (Å²) in [7, 11) is 1.87. The molecule has 0 aromatic carbocycles. The molecule has 90 valence electrons. The zero-order valence-corrected chi connectivity index (χ0v) is 10.4. The molecule has 2 rings (SSSR count). The fourth-order valence-electron chi connectivity index (χ4n) is 2.89. The zero-order valence-electron chi connectivity index (χ0n) is 10.4. The first kappa shape index (κ1) is 11.6. The Morgan fingerprint density at radius 1 is 1.44 bits per heavy atom. The summed E-state index contributed by atoms with van der Waals surface area (Å²) in [4.78, 5) is 4.19. The molecular weight excluding hydrogens is 202 g/mol. The molecule has 1 aliphatic rings. The molecule has 1 unspecified atom stereocenters. The maximum Gasteiger partial charge on any atom is 0.138 e. The van der Waals surface area contributed by atoms with Crippen LogP contribution in [0.4, 0.5) is 0 Å². The molecule has 1 aliphatic carbocycles. The molecule has 0 saturated heterocycles. The number of hydrogen-bond donors (Lipinski definition) is 1. The summed E-state index contributed by atoms with van der Waals surface area (Å²) in [6.45, 7) is 4.46. The monoisotopic (exact) mass is 223 g/mol. The lowest BCUT2D eigenvalue weighted by Crippen LogP contribution is -2.41. The van der Waals surface area contributed by atoms with Crippen molar-refractivity contribution in [1.82, 2.24) is 14.8 Å². The first-order valence-corrected chi connectivity index (χ1v) is 5.96. The highest BCUT2D eigenvalue weighted by molar-refractivity contribution is 4.98. The van der Waals surface area contributed by atoms with Crippen LogP contribution in [0.1, 0.15) is 45.4 Å². The average Bonchev–Trinajstić information content (AvgIpc) is 2.48. The Hall–Kier alpha value is -0.900. The van der Waals surface area contributed by atoms with E-state index in [4.69, 9.17) is 0 Å². The lowest BCUT2D eigenvalue weighted by Gasteiger charge is -2.41. The van der Waals surface area contributed by atoms with Gasteiger partial charge in [-0.05, 0) is 24.7 Å². The third kappa shape index (κ3) is 2.43. The van der Waals surface area contributed by atoms with Gasteiger partial charge in [0.2, 0.25) is 0 Å². The number of hydrogen-bond acceptors (Lipinski definition) is 3. The normalized spacial score (nSPS) is 29.2. The quantitative estimate of drug-likeness (QED) is 0.830. The van der Waals surface area contributed by atoms with Crippen molar-refractivity contribution in [2.75, 3.05) is 0 Å². The summed E-state index contributed by atoms with van der Waals surface area (Å²) < 4.78 is 1.75. The van der Waals surface area contributed by atoms with Crippen LogP contribution >= 0.6 is 0 Å².